The molecule has 1 amide bonds. The number of amides is 1. The van der Waals surface area contributed by atoms with Crippen molar-refractivity contribution in [3.8, 4) is 11.5 Å². The number of anilines is 1. The lowest BCUT2D eigenvalue weighted by Crippen LogP contribution is -2.38. The van der Waals surface area contributed by atoms with Gasteiger partial charge < -0.3 is 5.32 Å². The number of nitrogens with one attached hydrogen (secondary N) is 3. The Balaban J connectivity index is 1.88. The summed E-state index contributed by atoms with van der Waals surface area (Å²) in [6.07, 6.45) is 1.88. The van der Waals surface area contributed by atoms with Crippen molar-refractivity contribution >= 4 is 22.8 Å². The minimum atomic E-state index is -0.240. The van der Waals surface area contributed by atoms with Crippen LogP contribution in [0.1, 0.15) is 12.6 Å². The summed E-state index contributed by atoms with van der Waals surface area (Å²) in [5.74, 6) is 0.740. The maximum absolute atomic E-state index is 11.4. The first-order valence-electron chi connectivity index (χ1n) is 7.79. The highest BCUT2D eigenvalue weighted by molar-refractivity contribution is 5.90. The van der Waals surface area contributed by atoms with E-state index in [1.165, 1.54) is 6.92 Å². The lowest BCUT2D eigenvalue weighted by atomic mass is 10.3. The van der Waals surface area contributed by atoms with Gasteiger partial charge in [-0.3, -0.25) is 4.79 Å². The number of aromatic nitrogens is 5. The average molecular weight is 336 g/mol. The SMILES string of the molecule is CC(=O)Nc1nonc1-c1[nH]c2ccccc2[n+]1Cc1cccc[nH+]1. The van der Waals surface area contributed by atoms with Gasteiger partial charge in [0, 0.05) is 19.1 Å². The monoisotopic (exact) mass is 336 g/mol. The van der Waals surface area contributed by atoms with Gasteiger partial charge in [0.1, 0.15) is 0 Å². The Labute approximate surface area is 142 Å². The molecule has 3 N–H and O–H groups in total. The molecular weight excluding hydrogens is 320 g/mol. The maximum Gasteiger partial charge on any atom is 0.314 e. The Kier molecular flexibility index (Phi) is 3.70. The summed E-state index contributed by atoms with van der Waals surface area (Å²) in [5.41, 5.74) is 3.43. The van der Waals surface area contributed by atoms with Gasteiger partial charge >= 0.3 is 5.82 Å². The number of rotatable bonds is 4. The van der Waals surface area contributed by atoms with Gasteiger partial charge in [0.25, 0.3) is 0 Å². The largest absolute Gasteiger partial charge is 0.314 e. The number of fused-ring (bicyclic) bond motifs is 1. The van der Waals surface area contributed by atoms with Gasteiger partial charge in [-0.2, -0.15) is 0 Å². The Morgan fingerprint density at radius 3 is 2.88 bits per heavy atom. The molecule has 0 spiro atoms. The van der Waals surface area contributed by atoms with E-state index in [1.807, 2.05) is 48.7 Å². The van der Waals surface area contributed by atoms with Crippen molar-refractivity contribution in [2.45, 2.75) is 13.5 Å². The summed E-state index contributed by atoms with van der Waals surface area (Å²) in [6, 6.07) is 13.8. The molecule has 8 nitrogen and oxygen atoms in total. The molecule has 1 aromatic carbocycles. The first-order valence-corrected chi connectivity index (χ1v) is 7.79. The van der Waals surface area contributed by atoms with Crippen molar-refractivity contribution in [2.75, 3.05) is 5.32 Å². The Hall–Kier alpha value is -3.55. The van der Waals surface area contributed by atoms with Gasteiger partial charge in [-0.25, -0.2) is 19.2 Å². The number of carbonyl (C=O) groups excluding carboxylic acids is 1. The molecule has 0 saturated heterocycles. The Bertz CT molecular complexity index is 1040. The van der Waals surface area contributed by atoms with E-state index < -0.39 is 0 Å². The summed E-state index contributed by atoms with van der Waals surface area (Å²) in [5, 5.41) is 10.4. The third-order valence-electron chi connectivity index (χ3n) is 3.83. The van der Waals surface area contributed by atoms with E-state index >= 15 is 0 Å². The van der Waals surface area contributed by atoms with Gasteiger partial charge in [-0.1, -0.05) is 12.1 Å². The minimum absolute atomic E-state index is 0.240. The van der Waals surface area contributed by atoms with Crippen molar-refractivity contribution in [1.29, 1.82) is 0 Å². The second-order valence-electron chi connectivity index (χ2n) is 5.61. The van der Waals surface area contributed by atoms with Crippen molar-refractivity contribution in [3.05, 3.63) is 54.4 Å². The van der Waals surface area contributed by atoms with Crippen LogP contribution in [0, 0.1) is 0 Å². The molecule has 0 aliphatic carbocycles. The quantitative estimate of drug-likeness (QED) is 0.549. The molecule has 0 bridgehead atoms. The second kappa shape index (κ2) is 6.16. The van der Waals surface area contributed by atoms with E-state index in [-0.39, 0.29) is 11.7 Å². The number of nitrogens with zero attached hydrogens (tertiary/aromatic N) is 3. The molecule has 0 fully saturated rings. The highest BCUT2D eigenvalue weighted by atomic mass is 16.6. The van der Waals surface area contributed by atoms with Crippen LogP contribution in [0.5, 0.6) is 0 Å². The topological polar surface area (TPSA) is 102 Å². The number of hydrogen-bond acceptors (Lipinski definition) is 4. The van der Waals surface area contributed by atoms with Crippen molar-refractivity contribution in [2.24, 2.45) is 0 Å². The standard InChI is InChI=1S/C17H14N6O2/c1-11(24)19-16-15(21-25-22-16)17-20-13-7-2-3-8-14(13)23(17)10-12-6-4-5-9-18-12/h2-9H,10H2,1H3,(H,19,22,24)/p+2. The summed E-state index contributed by atoms with van der Waals surface area (Å²) >= 11 is 0. The molecule has 0 radical (unpaired) electrons. The Morgan fingerprint density at radius 2 is 2.08 bits per heavy atom. The molecule has 8 heteroatoms. The fraction of sp³-hybridized carbons (Fsp3) is 0.118. The van der Waals surface area contributed by atoms with Crippen LogP contribution in [0.25, 0.3) is 22.6 Å². The van der Waals surface area contributed by atoms with Crippen molar-refractivity contribution in [3.63, 3.8) is 0 Å². The number of carbonyl (C=O) groups is 1. The highest BCUT2D eigenvalue weighted by Gasteiger charge is 2.28. The van der Waals surface area contributed by atoms with Crippen LogP contribution in [0.3, 0.4) is 0 Å². The van der Waals surface area contributed by atoms with E-state index in [4.69, 9.17) is 4.63 Å². The fourth-order valence-corrected chi connectivity index (χ4v) is 2.77. The minimum Gasteiger partial charge on any atom is -0.306 e. The first kappa shape index (κ1) is 15.0. The number of para-hydroxylation sites is 2. The molecule has 0 aliphatic rings. The van der Waals surface area contributed by atoms with Crippen LogP contribution in [0.2, 0.25) is 0 Å². The van der Waals surface area contributed by atoms with E-state index in [0.29, 0.717) is 18.1 Å². The van der Waals surface area contributed by atoms with Crippen LogP contribution in [0.4, 0.5) is 5.82 Å². The molecule has 0 saturated carbocycles. The number of H-pyrrole nitrogens is 2. The van der Waals surface area contributed by atoms with Gasteiger partial charge in [-0.15, -0.1) is 0 Å². The summed E-state index contributed by atoms with van der Waals surface area (Å²) < 4.78 is 6.91. The molecule has 3 heterocycles. The molecule has 124 valence electrons. The lowest BCUT2D eigenvalue weighted by Gasteiger charge is -1.99. The molecule has 4 aromatic rings. The molecule has 3 aromatic heterocycles. The normalized spacial score (nSPS) is 10.9. The fourth-order valence-electron chi connectivity index (χ4n) is 2.77. The van der Waals surface area contributed by atoms with Gasteiger partial charge in [0.15, 0.2) is 23.8 Å². The van der Waals surface area contributed by atoms with Crippen LogP contribution >= 0.6 is 0 Å². The zero-order valence-corrected chi connectivity index (χ0v) is 13.5. The van der Waals surface area contributed by atoms with E-state index in [2.05, 4.69) is 30.2 Å². The van der Waals surface area contributed by atoms with Crippen molar-refractivity contribution in [1.82, 2.24) is 15.3 Å². The predicted octanol–water partition coefficient (Wildman–Crippen LogP) is 1.33. The number of aromatic amines is 2. The Morgan fingerprint density at radius 1 is 1.24 bits per heavy atom. The number of imidazole rings is 1. The first-order chi connectivity index (χ1) is 12.2. The maximum atomic E-state index is 11.4. The van der Waals surface area contributed by atoms with E-state index in [0.717, 1.165) is 16.7 Å². The third-order valence-corrected chi connectivity index (χ3v) is 3.83. The summed E-state index contributed by atoms with van der Waals surface area (Å²) in [6.45, 7) is 2.00. The van der Waals surface area contributed by atoms with Gasteiger partial charge in [0.05, 0.1) is 0 Å². The third kappa shape index (κ3) is 2.85. The smallest absolute Gasteiger partial charge is 0.306 e. The number of pyridine rings is 1. The molecule has 25 heavy (non-hydrogen) atoms. The number of hydrogen-bond donors (Lipinski definition) is 2. The molecule has 0 unspecified atom stereocenters. The van der Waals surface area contributed by atoms with Gasteiger partial charge in [-0.05, 0) is 28.5 Å². The van der Waals surface area contributed by atoms with Crippen LogP contribution < -0.4 is 14.9 Å². The molecular formula is C17H16N6O2+2. The zero-order valence-electron chi connectivity index (χ0n) is 13.5. The van der Waals surface area contributed by atoms with E-state index in [9.17, 15) is 4.79 Å². The van der Waals surface area contributed by atoms with Gasteiger partial charge in [0.2, 0.25) is 23.1 Å². The molecule has 4 rings (SSSR count). The number of benzene rings is 1. The average Bonchev–Trinajstić information content (AvgIpc) is 3.20. The summed E-state index contributed by atoms with van der Waals surface area (Å²) in [7, 11) is 0. The van der Waals surface area contributed by atoms with Crippen LogP contribution in [-0.2, 0) is 11.3 Å². The molecule has 0 atom stereocenters. The highest BCUT2D eigenvalue weighted by Crippen LogP contribution is 2.23. The molecule has 0 aliphatic heterocycles. The lowest BCUT2D eigenvalue weighted by molar-refractivity contribution is -0.663. The van der Waals surface area contributed by atoms with E-state index in [1.54, 1.807) is 0 Å². The summed E-state index contributed by atoms with van der Waals surface area (Å²) in [4.78, 5) is 18.0. The van der Waals surface area contributed by atoms with Crippen LogP contribution in [0.15, 0.2) is 53.3 Å². The predicted molar refractivity (Wildman–Crippen MR) is 88.2 cm³/mol. The zero-order chi connectivity index (χ0) is 17.2. The second-order valence-corrected chi connectivity index (χ2v) is 5.61. The van der Waals surface area contributed by atoms with Crippen molar-refractivity contribution < 1.29 is 19.0 Å². The van der Waals surface area contributed by atoms with Crippen LogP contribution in [-0.4, -0.2) is 21.2 Å².